The summed E-state index contributed by atoms with van der Waals surface area (Å²) < 4.78 is 48.7. The highest BCUT2D eigenvalue weighted by Crippen LogP contribution is 2.56. The third kappa shape index (κ3) is 5.66. The third-order valence-electron chi connectivity index (χ3n) is 13.5. The number of hydrogen-bond acceptors (Lipinski definition) is 9. The molecule has 8 aromatic rings. The standard InChI is InChI=1S/C45H43F2N11O4/c1-23-16-30(17-24(2)39(23)46)58-41(56-22-34(50-53-56)31-7-9-36-32(40(31)47)21-48-54(36)5)38-26(4)55(13-10-33(38)51-58)42(59)37-19-29-18-28(27-11-14-61-15-12-27)6-8-35(29)57(37)45(20-25(45)3)43-49-44(60)62-52-43/h6-9,16-19,21-22,25-27H,10-15,20H2,1-5H3,(H,49,52,60). The number of aryl methyl sites for hydroxylation is 3. The van der Waals surface area contributed by atoms with Gasteiger partial charge >= 0.3 is 5.76 Å². The predicted molar refractivity (Wildman–Crippen MR) is 223 cm³/mol. The molecule has 3 aromatic carbocycles. The van der Waals surface area contributed by atoms with E-state index >= 15 is 13.6 Å². The fourth-order valence-corrected chi connectivity index (χ4v) is 10.1. The highest BCUT2D eigenvalue weighted by molar-refractivity contribution is 6.00. The molecule has 3 aliphatic rings. The number of fused-ring (bicyclic) bond motifs is 3. The number of rotatable bonds is 7. The molecule has 5 aromatic heterocycles. The van der Waals surface area contributed by atoms with Crippen LogP contribution >= 0.6 is 0 Å². The Kier molecular flexibility index (Phi) is 8.55. The topological polar surface area (TPSA) is 160 Å². The van der Waals surface area contributed by atoms with Gasteiger partial charge in [-0.05, 0) is 111 Å². The summed E-state index contributed by atoms with van der Waals surface area (Å²) >= 11 is 0. The van der Waals surface area contributed by atoms with Gasteiger partial charge in [0.1, 0.15) is 28.6 Å². The number of H-pyrrole nitrogens is 1. The molecule has 0 radical (unpaired) electrons. The quantitative estimate of drug-likeness (QED) is 0.179. The van der Waals surface area contributed by atoms with E-state index in [9.17, 15) is 4.79 Å². The highest BCUT2D eigenvalue weighted by atomic mass is 19.1. The van der Waals surface area contributed by atoms with Gasteiger partial charge < -0.3 is 14.2 Å². The Morgan fingerprint density at radius 1 is 0.984 bits per heavy atom. The predicted octanol–water partition coefficient (Wildman–Crippen LogP) is 6.97. The van der Waals surface area contributed by atoms with Gasteiger partial charge in [0.15, 0.2) is 11.6 Å². The summed E-state index contributed by atoms with van der Waals surface area (Å²) in [6.45, 7) is 9.20. The molecule has 1 amide bonds. The van der Waals surface area contributed by atoms with Crippen molar-refractivity contribution in [3.05, 3.63) is 123 Å². The normalized spacial score (nSPS) is 20.4. The average Bonchev–Trinajstić information content (AvgIpc) is 3.95. The molecule has 316 valence electrons. The number of nitrogens with one attached hydrogen (secondary N) is 1. The zero-order valence-electron chi connectivity index (χ0n) is 34.8. The lowest BCUT2D eigenvalue weighted by Crippen LogP contribution is -2.41. The van der Waals surface area contributed by atoms with Crippen LogP contribution in [0, 0.1) is 31.4 Å². The van der Waals surface area contributed by atoms with Gasteiger partial charge in [0.05, 0.1) is 40.7 Å². The first-order valence-electron chi connectivity index (χ1n) is 21.0. The highest BCUT2D eigenvalue weighted by Gasteiger charge is 2.59. The Hall–Kier alpha value is -6.75. The van der Waals surface area contributed by atoms with Gasteiger partial charge in [0, 0.05) is 55.3 Å². The van der Waals surface area contributed by atoms with E-state index in [1.807, 2.05) is 22.5 Å². The monoisotopic (exact) mass is 839 g/mol. The Balaban J connectivity index is 1.05. The van der Waals surface area contributed by atoms with Crippen molar-refractivity contribution in [3.63, 3.8) is 0 Å². The summed E-state index contributed by atoms with van der Waals surface area (Å²) in [7, 11) is 1.75. The molecule has 62 heavy (non-hydrogen) atoms. The summed E-state index contributed by atoms with van der Waals surface area (Å²) in [5.41, 5.74) is 5.81. The first-order valence-corrected chi connectivity index (χ1v) is 21.0. The molecule has 17 heteroatoms. The number of amides is 1. The Bertz CT molecular complexity index is 3160. The molecule has 2 aliphatic heterocycles. The van der Waals surface area contributed by atoms with Gasteiger partial charge in [0.2, 0.25) is 0 Å². The maximum atomic E-state index is 16.0. The van der Waals surface area contributed by atoms with Crippen LogP contribution in [0.25, 0.3) is 44.6 Å². The first kappa shape index (κ1) is 38.2. The van der Waals surface area contributed by atoms with E-state index in [-0.39, 0.29) is 28.9 Å². The van der Waals surface area contributed by atoms with Crippen molar-refractivity contribution in [2.75, 3.05) is 19.8 Å². The molecule has 1 saturated carbocycles. The number of carbonyl (C=O) groups is 1. The van der Waals surface area contributed by atoms with Crippen LogP contribution in [0.1, 0.15) is 89.3 Å². The van der Waals surface area contributed by atoms with Crippen LogP contribution in [0.2, 0.25) is 0 Å². The van der Waals surface area contributed by atoms with Crippen molar-refractivity contribution in [2.45, 2.75) is 70.9 Å². The molecule has 0 bridgehead atoms. The van der Waals surface area contributed by atoms with E-state index in [0.717, 1.165) is 35.0 Å². The van der Waals surface area contributed by atoms with Crippen molar-refractivity contribution >= 4 is 27.7 Å². The fraction of sp³-hybridized carbons (Fsp3) is 0.356. The molecular weight excluding hydrogens is 797 g/mol. The second kappa shape index (κ2) is 13.9. The molecule has 3 atom stereocenters. The maximum absolute atomic E-state index is 16.0. The van der Waals surface area contributed by atoms with E-state index in [0.29, 0.717) is 83.6 Å². The largest absolute Gasteiger partial charge is 0.438 e. The Morgan fingerprint density at radius 2 is 1.74 bits per heavy atom. The number of carbonyl (C=O) groups excluding carboxylic acids is 1. The molecular formula is C45H43F2N11O4. The molecule has 0 spiro atoms. The van der Waals surface area contributed by atoms with Gasteiger partial charge in [-0.3, -0.25) is 19.0 Å². The van der Waals surface area contributed by atoms with E-state index in [1.165, 1.54) is 11.8 Å². The van der Waals surface area contributed by atoms with E-state index < -0.39 is 23.2 Å². The summed E-state index contributed by atoms with van der Waals surface area (Å²) in [5.74, 6) is -0.416. The number of ether oxygens (including phenoxy) is 1. The van der Waals surface area contributed by atoms with E-state index in [1.54, 1.807) is 65.4 Å². The average molecular weight is 840 g/mol. The van der Waals surface area contributed by atoms with Gasteiger partial charge in [-0.1, -0.05) is 23.4 Å². The third-order valence-corrected chi connectivity index (χ3v) is 13.5. The Labute approximate surface area is 352 Å². The number of aromatic amines is 1. The van der Waals surface area contributed by atoms with Crippen molar-refractivity contribution in [1.29, 1.82) is 0 Å². The van der Waals surface area contributed by atoms with Crippen LogP contribution in [0.4, 0.5) is 8.78 Å². The van der Waals surface area contributed by atoms with Gasteiger partial charge in [0.25, 0.3) is 5.91 Å². The van der Waals surface area contributed by atoms with E-state index in [4.69, 9.17) is 14.4 Å². The van der Waals surface area contributed by atoms with Crippen molar-refractivity contribution in [2.24, 2.45) is 13.0 Å². The number of halogens is 2. The number of benzene rings is 3. The molecule has 2 fully saturated rings. The summed E-state index contributed by atoms with van der Waals surface area (Å²) in [4.78, 5) is 32.4. The maximum Gasteiger partial charge on any atom is 0.438 e. The minimum Gasteiger partial charge on any atom is -0.381 e. The lowest BCUT2D eigenvalue weighted by Gasteiger charge is -2.34. The van der Waals surface area contributed by atoms with Crippen molar-refractivity contribution < 1.29 is 22.8 Å². The molecule has 1 N–H and O–H groups in total. The van der Waals surface area contributed by atoms with Crippen LogP contribution in [-0.2, 0) is 23.7 Å². The first-order chi connectivity index (χ1) is 29.9. The molecule has 1 saturated heterocycles. The molecule has 15 nitrogen and oxygen atoms in total. The Morgan fingerprint density at radius 3 is 2.47 bits per heavy atom. The number of aromatic nitrogens is 10. The smallest absolute Gasteiger partial charge is 0.381 e. The van der Waals surface area contributed by atoms with Gasteiger partial charge in [-0.2, -0.15) is 10.2 Å². The number of nitrogens with zero attached hydrogens (tertiary/aromatic N) is 10. The number of hydrogen-bond donors (Lipinski definition) is 1. The van der Waals surface area contributed by atoms with Crippen LogP contribution in [0.15, 0.2) is 70.2 Å². The summed E-state index contributed by atoms with van der Waals surface area (Å²) in [6.07, 6.45) is 6.01. The summed E-state index contributed by atoms with van der Waals surface area (Å²) in [5, 5.41) is 23.7. The molecule has 1 aliphatic carbocycles. The van der Waals surface area contributed by atoms with Crippen LogP contribution in [-0.4, -0.2) is 79.8 Å². The van der Waals surface area contributed by atoms with Crippen molar-refractivity contribution in [3.8, 4) is 22.8 Å². The minimum atomic E-state index is -0.817. The van der Waals surface area contributed by atoms with Gasteiger partial charge in [-0.15, -0.1) is 5.10 Å². The van der Waals surface area contributed by atoms with Crippen molar-refractivity contribution in [1.82, 2.24) is 54.2 Å². The van der Waals surface area contributed by atoms with Crippen LogP contribution in [0.3, 0.4) is 0 Å². The minimum absolute atomic E-state index is 0.0311. The molecule has 3 unspecified atom stereocenters. The van der Waals surface area contributed by atoms with Crippen LogP contribution < -0.4 is 5.76 Å². The summed E-state index contributed by atoms with van der Waals surface area (Å²) in [6, 6.07) is 14.7. The fourth-order valence-electron chi connectivity index (χ4n) is 10.1. The lowest BCUT2D eigenvalue weighted by atomic mass is 9.91. The SMILES string of the molecule is Cc1cc(-n2nc3c(c2-n2cc(-c4ccc5c(cnn5C)c4F)nn2)C(C)N(C(=O)c2cc4cc(C5CCOCC5)ccc4n2C2(c4noc(=O)[nH]4)CC2C)CC3)cc(C)c1F. The van der Waals surface area contributed by atoms with Crippen LogP contribution in [0.5, 0.6) is 0 Å². The zero-order valence-corrected chi connectivity index (χ0v) is 34.8. The lowest BCUT2D eigenvalue weighted by molar-refractivity contribution is 0.0663. The molecule has 7 heterocycles. The second-order valence-corrected chi connectivity index (χ2v) is 17.1. The van der Waals surface area contributed by atoms with Gasteiger partial charge in [-0.25, -0.2) is 22.9 Å². The van der Waals surface area contributed by atoms with E-state index in [2.05, 4.69) is 50.7 Å². The second-order valence-electron chi connectivity index (χ2n) is 17.1. The molecule has 11 rings (SSSR count). The zero-order chi connectivity index (χ0) is 42.8.